The smallest absolute Gasteiger partial charge is 0.406 e. The first-order valence-electron chi connectivity index (χ1n) is 7.51. The minimum Gasteiger partial charge on any atom is -0.494 e. The molecular weight excluding hydrogens is 346 g/mol. The molecule has 0 bridgehead atoms. The predicted octanol–water partition coefficient (Wildman–Crippen LogP) is 2.63. The lowest BCUT2D eigenvalue weighted by Gasteiger charge is -2.27. The van der Waals surface area contributed by atoms with E-state index < -0.39 is 42.3 Å². The predicted molar refractivity (Wildman–Crippen MR) is 78.6 cm³/mol. The molecule has 1 unspecified atom stereocenters. The van der Waals surface area contributed by atoms with E-state index in [1.807, 2.05) is 0 Å². The fourth-order valence-corrected chi connectivity index (χ4v) is 2.82. The van der Waals surface area contributed by atoms with Crippen LogP contribution >= 0.6 is 0 Å². The van der Waals surface area contributed by atoms with Gasteiger partial charge in [0.1, 0.15) is 0 Å². The van der Waals surface area contributed by atoms with E-state index in [0.29, 0.717) is 5.56 Å². The Morgan fingerprint density at radius 2 is 2.04 bits per heavy atom. The zero-order valence-electron chi connectivity index (χ0n) is 13.4. The van der Waals surface area contributed by atoms with Gasteiger partial charge in [-0.2, -0.15) is 13.2 Å². The normalized spacial score (nSPS) is 20.6. The molecule has 1 aromatic carbocycles. The maximum absolute atomic E-state index is 13.6. The van der Waals surface area contributed by atoms with Gasteiger partial charge in [-0.05, 0) is 30.5 Å². The lowest BCUT2D eigenvalue weighted by atomic mass is 9.86. The lowest BCUT2D eigenvalue weighted by Crippen LogP contribution is -2.47. The highest BCUT2D eigenvalue weighted by molar-refractivity contribution is 5.81. The van der Waals surface area contributed by atoms with E-state index in [9.17, 15) is 27.2 Å². The van der Waals surface area contributed by atoms with Crippen LogP contribution in [0.4, 0.5) is 17.6 Å². The number of rotatable bonds is 5. The van der Waals surface area contributed by atoms with Gasteiger partial charge < -0.3 is 14.7 Å². The number of ether oxygens (including phenoxy) is 1. The number of aryl methyl sites for hydroxylation is 1. The average Bonchev–Trinajstić information content (AvgIpc) is 2.99. The van der Waals surface area contributed by atoms with Crippen molar-refractivity contribution in [2.24, 2.45) is 5.41 Å². The van der Waals surface area contributed by atoms with Crippen molar-refractivity contribution in [2.75, 3.05) is 20.2 Å². The van der Waals surface area contributed by atoms with Crippen molar-refractivity contribution in [1.29, 1.82) is 0 Å². The number of carboxylic acid groups (broad SMARTS) is 1. The van der Waals surface area contributed by atoms with Gasteiger partial charge in [0.15, 0.2) is 17.0 Å². The van der Waals surface area contributed by atoms with Crippen molar-refractivity contribution in [1.82, 2.24) is 4.90 Å². The molecule has 0 radical (unpaired) electrons. The van der Waals surface area contributed by atoms with Gasteiger partial charge in [0.05, 0.1) is 7.11 Å². The quantitative estimate of drug-likeness (QED) is 0.817. The van der Waals surface area contributed by atoms with E-state index in [1.165, 1.54) is 19.2 Å². The molecule has 1 aliphatic heterocycles. The van der Waals surface area contributed by atoms with Gasteiger partial charge in [0.2, 0.25) is 5.91 Å². The van der Waals surface area contributed by atoms with Crippen molar-refractivity contribution in [3.8, 4) is 5.75 Å². The molecule has 1 aliphatic rings. The van der Waals surface area contributed by atoms with Gasteiger partial charge in [-0.1, -0.05) is 6.07 Å². The summed E-state index contributed by atoms with van der Waals surface area (Å²) in [5.74, 6) is -3.13. The van der Waals surface area contributed by atoms with Gasteiger partial charge >= 0.3 is 12.1 Å². The number of nitrogens with zero attached hydrogens (tertiary/aromatic N) is 1. The number of methoxy groups -OCH3 is 1. The van der Waals surface area contributed by atoms with E-state index in [0.717, 1.165) is 4.90 Å². The third kappa shape index (κ3) is 3.69. The van der Waals surface area contributed by atoms with Gasteiger partial charge in [0.25, 0.3) is 0 Å². The van der Waals surface area contributed by atoms with Crippen LogP contribution in [0.3, 0.4) is 0 Å². The monoisotopic (exact) mass is 363 g/mol. The molecule has 9 heteroatoms. The minimum atomic E-state index is -4.94. The van der Waals surface area contributed by atoms with Crippen molar-refractivity contribution < 1.29 is 37.0 Å². The standard InChI is InChI=1S/C16H17F4NO4/c1-25-12-4-2-10(8-11(12)17)3-5-13(22)21-7-6-15(9-21,14(23)24)16(18,19)20/h2,4,8H,3,5-7,9H2,1H3,(H,23,24). The van der Waals surface area contributed by atoms with Gasteiger partial charge in [-0.25, -0.2) is 4.39 Å². The fraction of sp³-hybridized carbons (Fsp3) is 0.500. The molecule has 5 nitrogen and oxygen atoms in total. The second-order valence-electron chi connectivity index (χ2n) is 5.92. The molecule has 1 heterocycles. The Kier molecular flexibility index (Phi) is 5.24. The third-order valence-electron chi connectivity index (χ3n) is 4.42. The Bertz CT molecular complexity index is 677. The summed E-state index contributed by atoms with van der Waals surface area (Å²) in [5.41, 5.74) is -2.43. The van der Waals surface area contributed by atoms with Gasteiger partial charge in [-0.15, -0.1) is 0 Å². The Hall–Kier alpha value is -2.32. The molecule has 1 aromatic rings. The SMILES string of the molecule is COc1ccc(CCC(=O)N2CCC(C(=O)O)(C(F)(F)F)C2)cc1F. The van der Waals surface area contributed by atoms with E-state index >= 15 is 0 Å². The summed E-state index contributed by atoms with van der Waals surface area (Å²) in [7, 11) is 1.31. The number of hydrogen-bond donors (Lipinski definition) is 1. The molecule has 1 fully saturated rings. The molecule has 1 saturated heterocycles. The fourth-order valence-electron chi connectivity index (χ4n) is 2.82. The number of benzene rings is 1. The third-order valence-corrected chi connectivity index (χ3v) is 4.42. The number of carbonyl (C=O) groups is 2. The van der Waals surface area contributed by atoms with Gasteiger partial charge in [-0.3, -0.25) is 9.59 Å². The summed E-state index contributed by atoms with van der Waals surface area (Å²) in [6.07, 6.45) is -5.62. The number of hydrogen-bond acceptors (Lipinski definition) is 3. The van der Waals surface area contributed by atoms with Crippen LogP contribution in [-0.4, -0.2) is 48.3 Å². The average molecular weight is 363 g/mol. The zero-order valence-corrected chi connectivity index (χ0v) is 13.4. The summed E-state index contributed by atoms with van der Waals surface area (Å²) in [6.45, 7) is -1.18. The summed E-state index contributed by atoms with van der Waals surface area (Å²) in [4.78, 5) is 24.1. The minimum absolute atomic E-state index is 0.0473. The number of likely N-dealkylation sites (tertiary alicyclic amines) is 1. The van der Waals surface area contributed by atoms with E-state index in [-0.39, 0.29) is 25.1 Å². The molecule has 0 spiro atoms. The lowest BCUT2D eigenvalue weighted by molar-refractivity contribution is -0.227. The topological polar surface area (TPSA) is 66.8 Å². The molecule has 0 saturated carbocycles. The van der Waals surface area contributed by atoms with Gasteiger partial charge in [0, 0.05) is 19.5 Å². The van der Waals surface area contributed by atoms with Crippen molar-refractivity contribution in [3.63, 3.8) is 0 Å². The van der Waals surface area contributed by atoms with Crippen molar-refractivity contribution in [3.05, 3.63) is 29.6 Å². The number of amides is 1. The van der Waals surface area contributed by atoms with Crippen LogP contribution in [0.2, 0.25) is 0 Å². The van der Waals surface area contributed by atoms with Crippen LogP contribution in [0.5, 0.6) is 5.75 Å². The summed E-state index contributed by atoms with van der Waals surface area (Å²) in [5, 5.41) is 8.98. The molecule has 2 rings (SSSR count). The highest BCUT2D eigenvalue weighted by Gasteiger charge is 2.64. The maximum Gasteiger partial charge on any atom is 0.406 e. The zero-order chi connectivity index (χ0) is 18.8. The number of aliphatic carboxylic acids is 1. The summed E-state index contributed by atoms with van der Waals surface area (Å²) < 4.78 is 57.7. The molecule has 1 amide bonds. The molecule has 0 aromatic heterocycles. The first-order valence-corrected chi connectivity index (χ1v) is 7.51. The van der Waals surface area contributed by atoms with Crippen LogP contribution in [0.25, 0.3) is 0 Å². The molecule has 1 atom stereocenters. The highest BCUT2D eigenvalue weighted by atomic mass is 19.4. The van der Waals surface area contributed by atoms with Crippen molar-refractivity contribution >= 4 is 11.9 Å². The molecule has 1 N–H and O–H groups in total. The largest absolute Gasteiger partial charge is 0.494 e. The Balaban J connectivity index is 2.01. The van der Waals surface area contributed by atoms with E-state index in [1.54, 1.807) is 6.07 Å². The second kappa shape index (κ2) is 6.89. The van der Waals surface area contributed by atoms with Crippen LogP contribution < -0.4 is 4.74 Å². The molecular formula is C16H17F4NO4. The van der Waals surface area contributed by atoms with Crippen LogP contribution in [0, 0.1) is 11.2 Å². The van der Waals surface area contributed by atoms with Crippen LogP contribution in [0.1, 0.15) is 18.4 Å². The molecule has 25 heavy (non-hydrogen) atoms. The maximum atomic E-state index is 13.6. The Morgan fingerprint density at radius 3 is 2.52 bits per heavy atom. The number of halogens is 4. The molecule has 138 valence electrons. The van der Waals surface area contributed by atoms with Crippen molar-refractivity contribution in [2.45, 2.75) is 25.4 Å². The first kappa shape index (κ1) is 19.0. The second-order valence-corrected chi connectivity index (χ2v) is 5.92. The summed E-state index contributed by atoms with van der Waals surface area (Å²) >= 11 is 0. The van der Waals surface area contributed by atoms with E-state index in [2.05, 4.69) is 0 Å². The van der Waals surface area contributed by atoms with Crippen LogP contribution in [0.15, 0.2) is 18.2 Å². The van der Waals surface area contributed by atoms with Crippen LogP contribution in [-0.2, 0) is 16.0 Å². The number of carboxylic acids is 1. The molecule has 0 aliphatic carbocycles. The Labute approximate surface area is 141 Å². The summed E-state index contributed by atoms with van der Waals surface area (Å²) in [6, 6.07) is 4.13. The first-order chi connectivity index (χ1) is 11.6. The number of alkyl halides is 3. The highest BCUT2D eigenvalue weighted by Crippen LogP contribution is 2.45. The number of carbonyl (C=O) groups excluding carboxylic acids is 1. The van der Waals surface area contributed by atoms with E-state index in [4.69, 9.17) is 9.84 Å². The Morgan fingerprint density at radius 1 is 1.36 bits per heavy atom.